The minimum absolute atomic E-state index is 0.728. The van der Waals surface area contributed by atoms with E-state index in [2.05, 4.69) is 32.6 Å². The van der Waals surface area contributed by atoms with Gasteiger partial charge in [0, 0.05) is 28.9 Å². The molecular formula is C12H19NS. The number of hydrogen-bond donors (Lipinski definition) is 0. The molecule has 0 aromatic carbocycles. The first-order chi connectivity index (χ1) is 6.63. The van der Waals surface area contributed by atoms with Crippen LogP contribution in [0.4, 0.5) is 0 Å². The number of thiophene rings is 1. The van der Waals surface area contributed by atoms with Gasteiger partial charge in [-0.3, -0.25) is 4.90 Å². The van der Waals surface area contributed by atoms with Gasteiger partial charge in [0.05, 0.1) is 0 Å². The minimum atomic E-state index is 0.728. The lowest BCUT2D eigenvalue weighted by atomic mass is 10.2. The van der Waals surface area contributed by atoms with Crippen molar-refractivity contribution < 1.29 is 0 Å². The van der Waals surface area contributed by atoms with E-state index in [0.29, 0.717) is 0 Å². The molecule has 1 aliphatic heterocycles. The molecule has 0 bridgehead atoms. The van der Waals surface area contributed by atoms with Gasteiger partial charge >= 0.3 is 0 Å². The fourth-order valence-corrected chi connectivity index (χ4v) is 3.30. The van der Waals surface area contributed by atoms with E-state index in [9.17, 15) is 0 Å². The third-order valence-corrected chi connectivity index (χ3v) is 4.56. The lowest BCUT2D eigenvalue weighted by Gasteiger charge is -2.22. The van der Waals surface area contributed by atoms with Gasteiger partial charge in [0.2, 0.25) is 0 Å². The second-order valence-corrected chi connectivity index (χ2v) is 5.76. The van der Waals surface area contributed by atoms with Crippen LogP contribution in [0.15, 0.2) is 0 Å². The Labute approximate surface area is 90.7 Å². The van der Waals surface area contributed by atoms with E-state index >= 15 is 0 Å². The zero-order chi connectivity index (χ0) is 10.3. The van der Waals surface area contributed by atoms with Crippen LogP contribution in [0.25, 0.3) is 0 Å². The second-order valence-electron chi connectivity index (χ2n) is 4.33. The number of nitrogens with zero attached hydrogens (tertiary/aromatic N) is 1. The van der Waals surface area contributed by atoms with Crippen molar-refractivity contribution in [3.8, 4) is 0 Å². The molecule has 1 aliphatic rings. The standard InChI is InChI=1S/C12H19NS/c1-5-8(2)13-6-11-9(3)14-10(4)12(11)7-13/h8H,5-7H2,1-4H3. The van der Waals surface area contributed by atoms with Crippen LogP contribution in [-0.2, 0) is 13.1 Å². The Kier molecular flexibility index (Phi) is 2.67. The highest BCUT2D eigenvalue weighted by atomic mass is 32.1. The molecule has 0 N–H and O–H groups in total. The molecule has 2 heteroatoms. The van der Waals surface area contributed by atoms with Crippen molar-refractivity contribution in [2.75, 3.05) is 0 Å². The summed E-state index contributed by atoms with van der Waals surface area (Å²) in [6, 6.07) is 0.728. The fourth-order valence-electron chi connectivity index (χ4n) is 2.22. The molecule has 0 saturated heterocycles. The molecule has 14 heavy (non-hydrogen) atoms. The third kappa shape index (κ3) is 1.51. The Bertz CT molecular complexity index is 314. The summed E-state index contributed by atoms with van der Waals surface area (Å²) in [5.74, 6) is 0. The zero-order valence-electron chi connectivity index (χ0n) is 9.55. The van der Waals surface area contributed by atoms with Crippen LogP contribution in [0.1, 0.15) is 41.1 Å². The van der Waals surface area contributed by atoms with Crippen molar-refractivity contribution in [2.45, 2.75) is 53.2 Å². The maximum Gasteiger partial charge on any atom is 0.0254 e. The molecule has 0 aliphatic carbocycles. The first-order valence-electron chi connectivity index (χ1n) is 5.45. The number of rotatable bonds is 2. The quantitative estimate of drug-likeness (QED) is 0.721. The van der Waals surface area contributed by atoms with Gasteiger partial charge in [-0.15, -0.1) is 11.3 Å². The monoisotopic (exact) mass is 209 g/mol. The molecule has 0 radical (unpaired) electrons. The number of hydrogen-bond acceptors (Lipinski definition) is 2. The molecule has 0 amide bonds. The summed E-state index contributed by atoms with van der Waals surface area (Å²) in [6.07, 6.45) is 1.26. The van der Waals surface area contributed by atoms with Crippen LogP contribution in [0.2, 0.25) is 0 Å². The number of fused-ring (bicyclic) bond motifs is 1. The average molecular weight is 209 g/mol. The minimum Gasteiger partial charge on any atom is -0.292 e. The van der Waals surface area contributed by atoms with Gasteiger partial charge in [-0.25, -0.2) is 0 Å². The summed E-state index contributed by atoms with van der Waals surface area (Å²) < 4.78 is 0. The second kappa shape index (κ2) is 3.67. The average Bonchev–Trinajstić information content (AvgIpc) is 2.69. The topological polar surface area (TPSA) is 3.24 Å². The molecular weight excluding hydrogens is 190 g/mol. The first kappa shape index (κ1) is 10.2. The molecule has 1 nitrogen and oxygen atoms in total. The summed E-state index contributed by atoms with van der Waals surface area (Å²) in [5.41, 5.74) is 3.24. The van der Waals surface area contributed by atoms with Crippen LogP contribution >= 0.6 is 11.3 Å². The molecule has 1 aromatic rings. The van der Waals surface area contributed by atoms with Gasteiger partial charge < -0.3 is 0 Å². The summed E-state index contributed by atoms with van der Waals surface area (Å²) in [6.45, 7) is 11.5. The normalized spacial score (nSPS) is 18.6. The van der Waals surface area contributed by atoms with Crippen LogP contribution in [-0.4, -0.2) is 10.9 Å². The van der Waals surface area contributed by atoms with Gasteiger partial charge in [0.1, 0.15) is 0 Å². The predicted molar refractivity (Wildman–Crippen MR) is 62.8 cm³/mol. The molecule has 0 saturated carbocycles. The molecule has 0 fully saturated rings. The van der Waals surface area contributed by atoms with Crippen molar-refractivity contribution >= 4 is 11.3 Å². The van der Waals surface area contributed by atoms with Gasteiger partial charge in [-0.2, -0.15) is 0 Å². The van der Waals surface area contributed by atoms with Crippen molar-refractivity contribution in [1.29, 1.82) is 0 Å². The Morgan fingerprint density at radius 1 is 1.21 bits per heavy atom. The lowest BCUT2D eigenvalue weighted by Crippen LogP contribution is -2.27. The molecule has 1 atom stereocenters. The third-order valence-electron chi connectivity index (χ3n) is 3.46. The highest BCUT2D eigenvalue weighted by Crippen LogP contribution is 2.35. The zero-order valence-corrected chi connectivity index (χ0v) is 10.4. The van der Waals surface area contributed by atoms with E-state index in [0.717, 1.165) is 6.04 Å². The summed E-state index contributed by atoms with van der Waals surface area (Å²) in [7, 11) is 0. The molecule has 2 rings (SSSR count). The van der Waals surface area contributed by atoms with Gasteiger partial charge in [0.15, 0.2) is 0 Å². The maximum absolute atomic E-state index is 2.59. The van der Waals surface area contributed by atoms with E-state index in [4.69, 9.17) is 0 Å². The molecule has 2 heterocycles. The van der Waals surface area contributed by atoms with E-state index in [1.807, 2.05) is 11.3 Å². The molecule has 1 unspecified atom stereocenters. The number of aryl methyl sites for hydroxylation is 2. The highest BCUT2D eigenvalue weighted by molar-refractivity contribution is 7.12. The molecule has 78 valence electrons. The lowest BCUT2D eigenvalue weighted by molar-refractivity contribution is 0.207. The van der Waals surface area contributed by atoms with Crippen molar-refractivity contribution in [1.82, 2.24) is 4.90 Å². The Morgan fingerprint density at radius 2 is 1.71 bits per heavy atom. The van der Waals surface area contributed by atoms with Crippen LogP contribution < -0.4 is 0 Å². The smallest absolute Gasteiger partial charge is 0.0254 e. The molecule has 0 spiro atoms. The van der Waals surface area contributed by atoms with Gasteiger partial charge in [-0.05, 0) is 38.3 Å². The SMILES string of the molecule is CCC(C)N1Cc2c(C)sc(C)c2C1. The van der Waals surface area contributed by atoms with E-state index in [1.54, 1.807) is 11.1 Å². The van der Waals surface area contributed by atoms with Crippen LogP contribution in [0.3, 0.4) is 0 Å². The summed E-state index contributed by atoms with van der Waals surface area (Å²) >= 11 is 1.97. The van der Waals surface area contributed by atoms with Crippen molar-refractivity contribution in [3.63, 3.8) is 0 Å². The Balaban J connectivity index is 2.22. The van der Waals surface area contributed by atoms with Crippen LogP contribution in [0, 0.1) is 13.8 Å². The van der Waals surface area contributed by atoms with Crippen molar-refractivity contribution in [2.24, 2.45) is 0 Å². The maximum atomic E-state index is 2.59. The van der Waals surface area contributed by atoms with Gasteiger partial charge in [0.25, 0.3) is 0 Å². The fraction of sp³-hybridized carbons (Fsp3) is 0.667. The summed E-state index contributed by atoms with van der Waals surface area (Å²) in [4.78, 5) is 5.66. The van der Waals surface area contributed by atoms with E-state index in [-0.39, 0.29) is 0 Å². The van der Waals surface area contributed by atoms with Crippen molar-refractivity contribution in [3.05, 3.63) is 20.9 Å². The Morgan fingerprint density at radius 3 is 2.14 bits per heavy atom. The van der Waals surface area contributed by atoms with E-state index in [1.165, 1.54) is 29.3 Å². The van der Waals surface area contributed by atoms with Crippen LogP contribution in [0.5, 0.6) is 0 Å². The Hall–Kier alpha value is -0.340. The first-order valence-corrected chi connectivity index (χ1v) is 6.27. The summed E-state index contributed by atoms with van der Waals surface area (Å²) in [5, 5.41) is 0. The highest BCUT2D eigenvalue weighted by Gasteiger charge is 2.26. The largest absolute Gasteiger partial charge is 0.292 e. The molecule has 1 aromatic heterocycles. The predicted octanol–water partition coefficient (Wildman–Crippen LogP) is 3.48. The van der Waals surface area contributed by atoms with E-state index < -0.39 is 0 Å². The van der Waals surface area contributed by atoms with Gasteiger partial charge in [-0.1, -0.05) is 6.92 Å².